The molecule has 0 bridgehead atoms. The van der Waals surface area contributed by atoms with Crippen molar-refractivity contribution in [1.29, 1.82) is 0 Å². The first-order valence-electron chi connectivity index (χ1n) is 8.69. The molecule has 2 N–H and O–H groups in total. The fourth-order valence-electron chi connectivity index (χ4n) is 3.04. The predicted octanol–water partition coefficient (Wildman–Crippen LogP) is 2.48. The SMILES string of the molecule is CC(O)(CNC(=O)COc1cccc2c1OC(C)(C)C2)Cc1ccco1. The molecule has 3 rings (SSSR count). The van der Waals surface area contributed by atoms with Gasteiger partial charge in [-0.25, -0.2) is 0 Å². The summed E-state index contributed by atoms with van der Waals surface area (Å²) in [7, 11) is 0. The summed E-state index contributed by atoms with van der Waals surface area (Å²) < 4.78 is 16.8. The first kappa shape index (κ1) is 18.3. The van der Waals surface area contributed by atoms with Gasteiger partial charge in [-0.1, -0.05) is 12.1 Å². The number of carbonyl (C=O) groups is 1. The maximum absolute atomic E-state index is 12.1. The Hall–Kier alpha value is -2.47. The largest absolute Gasteiger partial charge is 0.483 e. The molecule has 1 atom stereocenters. The number of para-hydroxylation sites is 1. The lowest BCUT2D eigenvalue weighted by molar-refractivity contribution is -0.124. The summed E-state index contributed by atoms with van der Waals surface area (Å²) in [6, 6.07) is 9.24. The monoisotopic (exact) mass is 359 g/mol. The van der Waals surface area contributed by atoms with E-state index in [-0.39, 0.29) is 24.7 Å². The molecule has 0 saturated carbocycles. The molecule has 2 aromatic rings. The maximum atomic E-state index is 12.1. The average molecular weight is 359 g/mol. The molecular formula is C20H25NO5. The molecule has 2 heterocycles. The van der Waals surface area contributed by atoms with Gasteiger partial charge in [-0.3, -0.25) is 4.79 Å². The zero-order chi connectivity index (χ0) is 18.8. The number of hydrogen-bond acceptors (Lipinski definition) is 5. The number of rotatable bonds is 7. The molecule has 6 heteroatoms. The van der Waals surface area contributed by atoms with Gasteiger partial charge in [0, 0.05) is 24.9 Å². The zero-order valence-electron chi connectivity index (χ0n) is 15.4. The van der Waals surface area contributed by atoms with Gasteiger partial charge in [0.05, 0.1) is 11.9 Å². The molecule has 1 amide bonds. The van der Waals surface area contributed by atoms with Gasteiger partial charge in [0.15, 0.2) is 18.1 Å². The minimum absolute atomic E-state index is 0.103. The van der Waals surface area contributed by atoms with Gasteiger partial charge < -0.3 is 24.3 Å². The summed E-state index contributed by atoms with van der Waals surface area (Å²) in [6.07, 6.45) is 2.68. The molecule has 6 nitrogen and oxygen atoms in total. The van der Waals surface area contributed by atoms with E-state index in [4.69, 9.17) is 13.9 Å². The van der Waals surface area contributed by atoms with Crippen molar-refractivity contribution in [3.05, 3.63) is 47.9 Å². The number of nitrogens with one attached hydrogen (secondary N) is 1. The van der Waals surface area contributed by atoms with Crippen molar-refractivity contribution >= 4 is 5.91 Å². The summed E-state index contributed by atoms with van der Waals surface area (Å²) in [5, 5.41) is 13.1. The summed E-state index contributed by atoms with van der Waals surface area (Å²) in [5.41, 5.74) is -0.294. The smallest absolute Gasteiger partial charge is 0.258 e. The van der Waals surface area contributed by atoms with Crippen LogP contribution in [0, 0.1) is 0 Å². The molecule has 1 unspecified atom stereocenters. The first-order chi connectivity index (χ1) is 12.2. The van der Waals surface area contributed by atoms with E-state index in [1.807, 2.05) is 26.0 Å². The Bertz CT molecular complexity index is 765. The number of aliphatic hydroxyl groups is 1. The maximum Gasteiger partial charge on any atom is 0.258 e. The van der Waals surface area contributed by atoms with Crippen LogP contribution in [0.4, 0.5) is 0 Å². The quantitative estimate of drug-likeness (QED) is 0.794. The molecule has 0 spiro atoms. The van der Waals surface area contributed by atoms with Gasteiger partial charge >= 0.3 is 0 Å². The van der Waals surface area contributed by atoms with Crippen molar-refractivity contribution in [2.45, 2.75) is 44.8 Å². The van der Waals surface area contributed by atoms with Crippen molar-refractivity contribution in [3.8, 4) is 11.5 Å². The number of fused-ring (bicyclic) bond motifs is 1. The lowest BCUT2D eigenvalue weighted by Gasteiger charge is -2.22. The summed E-state index contributed by atoms with van der Waals surface area (Å²) in [4.78, 5) is 12.1. The molecule has 1 aromatic carbocycles. The Morgan fingerprint density at radius 1 is 1.35 bits per heavy atom. The molecule has 140 valence electrons. The van der Waals surface area contributed by atoms with E-state index in [0.717, 1.165) is 12.0 Å². The highest BCUT2D eigenvalue weighted by atomic mass is 16.5. The molecule has 1 aliphatic heterocycles. The summed E-state index contributed by atoms with van der Waals surface area (Å²) in [5.74, 6) is 1.63. The van der Waals surface area contributed by atoms with Gasteiger partial charge in [0.25, 0.3) is 5.91 Å². The van der Waals surface area contributed by atoms with Crippen LogP contribution in [-0.4, -0.2) is 35.4 Å². The van der Waals surface area contributed by atoms with E-state index >= 15 is 0 Å². The van der Waals surface area contributed by atoms with E-state index < -0.39 is 5.60 Å². The number of hydrogen-bond donors (Lipinski definition) is 2. The van der Waals surface area contributed by atoms with Crippen LogP contribution in [0.1, 0.15) is 32.1 Å². The third kappa shape index (κ3) is 4.58. The second-order valence-corrected chi connectivity index (χ2v) is 7.60. The predicted molar refractivity (Wildman–Crippen MR) is 96.4 cm³/mol. The number of amides is 1. The van der Waals surface area contributed by atoms with Crippen molar-refractivity contribution in [3.63, 3.8) is 0 Å². The second kappa shape index (κ2) is 7.03. The van der Waals surface area contributed by atoms with Crippen LogP contribution < -0.4 is 14.8 Å². The van der Waals surface area contributed by atoms with E-state index in [2.05, 4.69) is 5.32 Å². The van der Waals surface area contributed by atoms with E-state index in [1.54, 1.807) is 31.4 Å². The van der Waals surface area contributed by atoms with Crippen LogP contribution in [0.25, 0.3) is 0 Å². The Balaban J connectivity index is 1.50. The number of carbonyl (C=O) groups excluding carboxylic acids is 1. The highest BCUT2D eigenvalue weighted by molar-refractivity contribution is 5.77. The van der Waals surface area contributed by atoms with Crippen LogP contribution in [0.2, 0.25) is 0 Å². The molecular weight excluding hydrogens is 334 g/mol. The summed E-state index contributed by atoms with van der Waals surface area (Å²) in [6.45, 7) is 5.65. The first-order valence-corrected chi connectivity index (χ1v) is 8.69. The normalized spacial score (nSPS) is 17.1. The lowest BCUT2D eigenvalue weighted by Crippen LogP contribution is -2.43. The van der Waals surface area contributed by atoms with Crippen LogP contribution in [0.3, 0.4) is 0 Å². The van der Waals surface area contributed by atoms with E-state index in [1.165, 1.54) is 0 Å². The third-order valence-electron chi connectivity index (χ3n) is 4.22. The zero-order valence-corrected chi connectivity index (χ0v) is 15.4. The third-order valence-corrected chi connectivity index (χ3v) is 4.22. The highest BCUT2D eigenvalue weighted by Gasteiger charge is 2.32. The number of furan rings is 1. The van der Waals surface area contributed by atoms with Gasteiger partial charge in [0.1, 0.15) is 11.4 Å². The van der Waals surface area contributed by atoms with Crippen molar-refractivity contribution in [2.24, 2.45) is 0 Å². The molecule has 1 aromatic heterocycles. The number of benzene rings is 1. The molecule has 26 heavy (non-hydrogen) atoms. The fraction of sp³-hybridized carbons (Fsp3) is 0.450. The van der Waals surface area contributed by atoms with Crippen molar-refractivity contribution in [1.82, 2.24) is 5.32 Å². The topological polar surface area (TPSA) is 80.9 Å². The van der Waals surface area contributed by atoms with Gasteiger partial charge in [-0.05, 0) is 39.0 Å². The van der Waals surface area contributed by atoms with Crippen molar-refractivity contribution < 1.29 is 23.8 Å². The number of ether oxygens (including phenoxy) is 2. The minimum atomic E-state index is -1.10. The molecule has 0 saturated heterocycles. The standard InChI is InChI=1S/C20H25NO5/c1-19(2)10-14-6-4-8-16(18(14)26-19)25-12-17(22)21-13-20(3,23)11-15-7-5-9-24-15/h4-9,23H,10-13H2,1-3H3,(H,21,22). The van der Waals surface area contributed by atoms with E-state index in [0.29, 0.717) is 23.7 Å². The van der Waals surface area contributed by atoms with Crippen LogP contribution in [0.5, 0.6) is 11.5 Å². The second-order valence-electron chi connectivity index (χ2n) is 7.60. The van der Waals surface area contributed by atoms with Crippen LogP contribution in [-0.2, 0) is 17.6 Å². The van der Waals surface area contributed by atoms with Gasteiger partial charge in [-0.15, -0.1) is 0 Å². The lowest BCUT2D eigenvalue weighted by atomic mass is 10.0. The molecule has 0 radical (unpaired) electrons. The Labute approximate surface area is 153 Å². The van der Waals surface area contributed by atoms with E-state index in [9.17, 15) is 9.90 Å². The Morgan fingerprint density at radius 2 is 2.15 bits per heavy atom. The van der Waals surface area contributed by atoms with Crippen LogP contribution >= 0.6 is 0 Å². The fourth-order valence-corrected chi connectivity index (χ4v) is 3.04. The van der Waals surface area contributed by atoms with Crippen molar-refractivity contribution in [2.75, 3.05) is 13.2 Å². The highest BCUT2D eigenvalue weighted by Crippen LogP contribution is 2.41. The molecule has 1 aliphatic rings. The molecule has 0 fully saturated rings. The summed E-state index contributed by atoms with van der Waals surface area (Å²) >= 11 is 0. The minimum Gasteiger partial charge on any atom is -0.483 e. The Morgan fingerprint density at radius 3 is 2.88 bits per heavy atom. The Kier molecular flexibility index (Phi) is 4.96. The van der Waals surface area contributed by atoms with Crippen LogP contribution in [0.15, 0.2) is 41.0 Å². The molecule has 0 aliphatic carbocycles. The van der Waals surface area contributed by atoms with Gasteiger partial charge in [0.2, 0.25) is 0 Å². The van der Waals surface area contributed by atoms with Gasteiger partial charge in [-0.2, -0.15) is 0 Å². The average Bonchev–Trinajstić information content (AvgIpc) is 3.16.